The number of hydrogen-bond donors (Lipinski definition) is 4. The summed E-state index contributed by atoms with van der Waals surface area (Å²) in [6.45, 7) is 2.74. The molecule has 0 saturated heterocycles. The minimum atomic E-state index is -0.268. The third-order valence-electron chi connectivity index (χ3n) is 4.92. The molecule has 0 fully saturated rings. The molecule has 0 unspecified atom stereocenters. The molecule has 0 aliphatic rings. The van der Waals surface area contributed by atoms with Gasteiger partial charge >= 0.3 is 0 Å². The normalized spacial score (nSPS) is 10.8. The van der Waals surface area contributed by atoms with Gasteiger partial charge in [0.05, 0.1) is 5.71 Å². The van der Waals surface area contributed by atoms with Gasteiger partial charge in [-0.3, -0.25) is 9.59 Å². The summed E-state index contributed by atoms with van der Waals surface area (Å²) < 4.78 is 5.74. The number of nitrogens with two attached hydrogens (primary N) is 2. The van der Waals surface area contributed by atoms with Crippen LogP contribution >= 0.6 is 0 Å². The van der Waals surface area contributed by atoms with E-state index in [1.54, 1.807) is 55.5 Å². The SMILES string of the molecule is CC(=NN=C(N)N)c1cccc(C(=O)NCCNC(=O)c2ccc(OCc3ccccc3)cc2)c1. The molecule has 0 aromatic heterocycles. The first-order chi connectivity index (χ1) is 16.9. The molecule has 0 aliphatic carbocycles. The summed E-state index contributed by atoms with van der Waals surface area (Å²) in [6, 6.07) is 23.7. The highest BCUT2D eigenvalue weighted by molar-refractivity contribution is 6.02. The van der Waals surface area contributed by atoms with E-state index >= 15 is 0 Å². The van der Waals surface area contributed by atoms with Gasteiger partial charge in [-0.15, -0.1) is 5.10 Å². The van der Waals surface area contributed by atoms with E-state index in [0.717, 1.165) is 5.56 Å². The monoisotopic (exact) mass is 472 g/mol. The Morgan fingerprint density at radius 2 is 1.40 bits per heavy atom. The molecular weight excluding hydrogens is 444 g/mol. The van der Waals surface area contributed by atoms with Crippen LogP contribution in [0.4, 0.5) is 0 Å². The molecular formula is C26H28N6O3. The van der Waals surface area contributed by atoms with Crippen LogP contribution in [-0.4, -0.2) is 36.6 Å². The smallest absolute Gasteiger partial charge is 0.251 e. The van der Waals surface area contributed by atoms with Crippen LogP contribution < -0.4 is 26.8 Å². The Bertz CT molecular complexity index is 1200. The van der Waals surface area contributed by atoms with Gasteiger partial charge in [-0.05, 0) is 54.4 Å². The van der Waals surface area contributed by atoms with Crippen LogP contribution in [0.15, 0.2) is 89.1 Å². The van der Waals surface area contributed by atoms with Gasteiger partial charge in [-0.2, -0.15) is 5.10 Å². The molecule has 0 heterocycles. The van der Waals surface area contributed by atoms with Gasteiger partial charge in [0.1, 0.15) is 12.4 Å². The zero-order valence-corrected chi connectivity index (χ0v) is 19.4. The highest BCUT2D eigenvalue weighted by atomic mass is 16.5. The standard InChI is InChI=1S/C26H28N6O3/c1-18(31-32-26(27)28)21-8-5-9-22(16-21)25(34)30-15-14-29-24(33)20-10-12-23(13-11-20)35-17-19-6-3-2-4-7-19/h2-13,16H,14-15,17H2,1H3,(H,29,33)(H,30,34)(H4,27,28,32). The number of ether oxygens (including phenoxy) is 1. The van der Waals surface area contributed by atoms with Crippen molar-refractivity contribution < 1.29 is 14.3 Å². The quantitative estimate of drug-likeness (QED) is 0.155. The van der Waals surface area contributed by atoms with E-state index in [1.165, 1.54) is 0 Å². The van der Waals surface area contributed by atoms with Crippen LogP contribution in [-0.2, 0) is 6.61 Å². The lowest BCUT2D eigenvalue weighted by Gasteiger charge is -2.09. The molecule has 9 heteroatoms. The van der Waals surface area contributed by atoms with Crippen molar-refractivity contribution in [1.82, 2.24) is 10.6 Å². The summed E-state index contributed by atoms with van der Waals surface area (Å²) in [7, 11) is 0. The lowest BCUT2D eigenvalue weighted by molar-refractivity contribution is 0.0927. The average molecular weight is 473 g/mol. The molecule has 9 nitrogen and oxygen atoms in total. The van der Waals surface area contributed by atoms with E-state index in [9.17, 15) is 9.59 Å². The summed E-state index contributed by atoms with van der Waals surface area (Å²) in [5.74, 6) is 0.0317. The number of amides is 2. The molecule has 0 spiro atoms. The number of nitrogens with zero attached hydrogens (tertiary/aromatic N) is 2. The van der Waals surface area contributed by atoms with Gasteiger partial charge in [-0.1, -0.05) is 42.5 Å². The predicted molar refractivity (Wildman–Crippen MR) is 136 cm³/mol. The van der Waals surface area contributed by atoms with Gasteiger partial charge in [-0.25, -0.2) is 0 Å². The average Bonchev–Trinajstić information content (AvgIpc) is 2.89. The highest BCUT2D eigenvalue weighted by Gasteiger charge is 2.09. The number of rotatable bonds is 10. The van der Waals surface area contributed by atoms with E-state index in [-0.39, 0.29) is 30.9 Å². The van der Waals surface area contributed by atoms with E-state index in [1.807, 2.05) is 30.3 Å². The molecule has 0 bridgehead atoms. The number of carbonyl (C=O) groups is 2. The third kappa shape index (κ3) is 8.01. The number of nitrogens with one attached hydrogen (secondary N) is 2. The topological polar surface area (TPSA) is 144 Å². The first kappa shape index (κ1) is 25.0. The molecule has 0 saturated carbocycles. The molecule has 3 rings (SSSR count). The Balaban J connectivity index is 1.43. The van der Waals surface area contributed by atoms with Gasteiger partial charge in [0, 0.05) is 24.2 Å². The molecule has 35 heavy (non-hydrogen) atoms. The molecule has 180 valence electrons. The van der Waals surface area contributed by atoms with E-state index in [0.29, 0.717) is 34.8 Å². The Labute approximate surface area is 203 Å². The Morgan fingerprint density at radius 1 is 0.771 bits per heavy atom. The van der Waals surface area contributed by atoms with E-state index in [4.69, 9.17) is 16.2 Å². The number of hydrogen-bond acceptors (Lipinski definition) is 5. The zero-order chi connectivity index (χ0) is 25.0. The van der Waals surface area contributed by atoms with Gasteiger partial charge in [0.25, 0.3) is 11.8 Å². The van der Waals surface area contributed by atoms with Crippen LogP contribution in [0, 0.1) is 0 Å². The lowest BCUT2D eigenvalue weighted by atomic mass is 10.1. The second-order valence-electron chi connectivity index (χ2n) is 7.60. The first-order valence-corrected chi connectivity index (χ1v) is 11.0. The second kappa shape index (κ2) is 12.5. The zero-order valence-electron chi connectivity index (χ0n) is 19.4. The minimum Gasteiger partial charge on any atom is -0.489 e. The molecule has 0 aliphatic heterocycles. The molecule has 2 amide bonds. The molecule has 6 N–H and O–H groups in total. The maximum absolute atomic E-state index is 12.5. The minimum absolute atomic E-state index is 0.146. The summed E-state index contributed by atoms with van der Waals surface area (Å²) >= 11 is 0. The van der Waals surface area contributed by atoms with Crippen LogP contribution in [0.3, 0.4) is 0 Å². The fourth-order valence-electron chi connectivity index (χ4n) is 3.08. The molecule has 0 radical (unpaired) electrons. The lowest BCUT2D eigenvalue weighted by Crippen LogP contribution is -2.34. The summed E-state index contributed by atoms with van der Waals surface area (Å²) in [5.41, 5.74) is 13.9. The van der Waals surface area contributed by atoms with Crippen molar-refractivity contribution >= 4 is 23.5 Å². The van der Waals surface area contributed by atoms with E-state index in [2.05, 4.69) is 20.8 Å². The van der Waals surface area contributed by atoms with E-state index < -0.39 is 0 Å². The van der Waals surface area contributed by atoms with Crippen LogP contribution in [0.2, 0.25) is 0 Å². The van der Waals surface area contributed by atoms with Crippen molar-refractivity contribution in [3.8, 4) is 5.75 Å². The number of guanidine groups is 1. The third-order valence-corrected chi connectivity index (χ3v) is 4.92. The first-order valence-electron chi connectivity index (χ1n) is 11.0. The van der Waals surface area contributed by atoms with Crippen LogP contribution in [0.25, 0.3) is 0 Å². The molecule has 3 aromatic carbocycles. The van der Waals surface area contributed by atoms with Gasteiger partial charge in [0.15, 0.2) is 0 Å². The number of benzene rings is 3. The Kier molecular flexibility index (Phi) is 8.95. The van der Waals surface area contributed by atoms with Crippen molar-refractivity contribution in [2.45, 2.75) is 13.5 Å². The van der Waals surface area contributed by atoms with Crippen molar-refractivity contribution in [3.05, 3.63) is 101 Å². The largest absolute Gasteiger partial charge is 0.489 e. The summed E-state index contributed by atoms with van der Waals surface area (Å²) in [4.78, 5) is 24.8. The Morgan fingerprint density at radius 3 is 2.06 bits per heavy atom. The van der Waals surface area contributed by atoms with Crippen molar-refractivity contribution in [1.29, 1.82) is 0 Å². The maximum atomic E-state index is 12.5. The predicted octanol–water partition coefficient (Wildman–Crippen LogP) is 2.42. The summed E-state index contributed by atoms with van der Waals surface area (Å²) in [6.07, 6.45) is 0. The van der Waals surface area contributed by atoms with Crippen molar-refractivity contribution in [2.75, 3.05) is 13.1 Å². The molecule has 3 aromatic rings. The maximum Gasteiger partial charge on any atom is 0.251 e. The fraction of sp³-hybridized carbons (Fsp3) is 0.154. The van der Waals surface area contributed by atoms with Gasteiger partial charge in [0.2, 0.25) is 5.96 Å². The second-order valence-corrected chi connectivity index (χ2v) is 7.60. The highest BCUT2D eigenvalue weighted by Crippen LogP contribution is 2.14. The van der Waals surface area contributed by atoms with Crippen molar-refractivity contribution in [3.63, 3.8) is 0 Å². The summed E-state index contributed by atoms with van der Waals surface area (Å²) in [5, 5.41) is 13.1. The number of carbonyl (C=O) groups excluding carboxylic acids is 2. The van der Waals surface area contributed by atoms with Gasteiger partial charge < -0.3 is 26.8 Å². The fourth-order valence-corrected chi connectivity index (χ4v) is 3.08. The van der Waals surface area contributed by atoms with Crippen molar-refractivity contribution in [2.24, 2.45) is 21.7 Å². The van der Waals surface area contributed by atoms with Crippen LogP contribution in [0.1, 0.15) is 38.8 Å². The Hall–Kier alpha value is -4.66. The molecule has 0 atom stereocenters. The van der Waals surface area contributed by atoms with Crippen LogP contribution in [0.5, 0.6) is 5.75 Å².